The second-order valence-electron chi connectivity index (χ2n) is 5.09. The van der Waals surface area contributed by atoms with Gasteiger partial charge in [0.2, 0.25) is 5.91 Å². The van der Waals surface area contributed by atoms with Gasteiger partial charge in [-0.1, -0.05) is 5.16 Å². The molecule has 2 atom stereocenters. The number of hydrogen-bond donors (Lipinski definition) is 3. The third-order valence-corrected chi connectivity index (χ3v) is 3.93. The number of nitrogens with two attached hydrogens (primary N) is 1. The topological polar surface area (TPSA) is 147 Å². The highest BCUT2D eigenvalue weighted by atomic mass is 32.1. The first-order valence-corrected chi connectivity index (χ1v) is 8.25. The van der Waals surface area contributed by atoms with Crippen LogP contribution in [0.2, 0.25) is 0 Å². The lowest BCUT2D eigenvalue weighted by atomic mass is 9.98. The summed E-state index contributed by atoms with van der Waals surface area (Å²) in [6, 6.07) is -0.611. The third kappa shape index (κ3) is 5.41. The molecule has 10 nitrogen and oxygen atoms in total. The van der Waals surface area contributed by atoms with Crippen LogP contribution in [0.1, 0.15) is 26.5 Å². The minimum atomic E-state index is -0.833. The summed E-state index contributed by atoms with van der Waals surface area (Å²) in [7, 11) is 1.69. The van der Waals surface area contributed by atoms with E-state index in [0.717, 1.165) is 6.92 Å². The average molecular weight is 371 g/mol. The molecule has 2 rings (SSSR count). The molecule has 4 N–H and O–H groups in total. The Bertz CT molecular complexity index is 670. The van der Waals surface area contributed by atoms with Gasteiger partial charge in [0.05, 0.1) is 6.04 Å². The average Bonchev–Trinajstić information content (AvgIpc) is 2.97. The molecule has 1 saturated heterocycles. The van der Waals surface area contributed by atoms with Crippen molar-refractivity contribution in [2.75, 3.05) is 19.4 Å². The molecule has 0 saturated carbocycles. The first-order valence-electron chi connectivity index (χ1n) is 7.37. The molecule has 1 aromatic rings. The van der Waals surface area contributed by atoms with Crippen LogP contribution < -0.4 is 11.1 Å². The summed E-state index contributed by atoms with van der Waals surface area (Å²) >= 11 is 1.20. The van der Waals surface area contributed by atoms with Crippen molar-refractivity contribution in [3.63, 3.8) is 0 Å². The maximum absolute atomic E-state index is 12.3. The van der Waals surface area contributed by atoms with Gasteiger partial charge in [-0.25, -0.2) is 4.98 Å². The quantitative estimate of drug-likeness (QED) is 0.372. The molecule has 2 amide bonds. The number of aliphatic carboxylic acids is 1. The standard InChI is InChI=1S/C12H17N5O3S.C2H4O2/c1-4-20-16-9(7-5-21-12(13)14-7)10(18)15-8-6(2)17(3)11(8)19;1-2(3)4/h5-6,8H,4H2,1-3H3,(H2,13,14)(H,15,18);1H3,(H,3,4)/t6?,8-;/m0./s1. The Labute approximate surface area is 148 Å². The molecule has 1 aromatic heterocycles. The number of likely N-dealkylation sites (N-methyl/N-ethyl adjacent to an activating group) is 1. The highest BCUT2D eigenvalue weighted by molar-refractivity contribution is 7.13. The van der Waals surface area contributed by atoms with Crippen molar-refractivity contribution in [2.24, 2.45) is 5.16 Å². The van der Waals surface area contributed by atoms with Crippen LogP contribution in [0.3, 0.4) is 0 Å². The zero-order valence-electron chi connectivity index (χ0n) is 14.3. The van der Waals surface area contributed by atoms with Crippen LogP contribution in [0.15, 0.2) is 10.5 Å². The van der Waals surface area contributed by atoms with E-state index >= 15 is 0 Å². The van der Waals surface area contributed by atoms with E-state index in [4.69, 9.17) is 20.5 Å². The van der Waals surface area contributed by atoms with E-state index in [1.54, 1.807) is 24.3 Å². The molecule has 0 aromatic carbocycles. The molecular formula is C14H21N5O5S. The Balaban J connectivity index is 0.000000705. The van der Waals surface area contributed by atoms with Gasteiger partial charge < -0.3 is 25.9 Å². The summed E-state index contributed by atoms with van der Waals surface area (Å²) < 4.78 is 0. The number of carboxylic acid groups (broad SMARTS) is 1. The number of carboxylic acids is 1. The van der Waals surface area contributed by atoms with E-state index in [9.17, 15) is 9.59 Å². The zero-order chi connectivity index (χ0) is 19.1. The van der Waals surface area contributed by atoms with Gasteiger partial charge in [0.1, 0.15) is 18.3 Å². The molecule has 11 heteroatoms. The Morgan fingerprint density at radius 3 is 2.60 bits per heavy atom. The Morgan fingerprint density at radius 2 is 2.16 bits per heavy atom. The summed E-state index contributed by atoms with van der Waals surface area (Å²) in [6.45, 7) is 5.01. The molecule has 1 unspecified atom stereocenters. The first-order chi connectivity index (χ1) is 11.7. The van der Waals surface area contributed by atoms with Crippen LogP contribution in [0.5, 0.6) is 0 Å². The number of rotatable bonds is 5. The fourth-order valence-electron chi connectivity index (χ4n) is 1.89. The molecule has 1 aliphatic heterocycles. The van der Waals surface area contributed by atoms with Crippen molar-refractivity contribution in [3.8, 4) is 0 Å². The normalized spacial score (nSPS) is 19.4. The molecule has 1 aliphatic rings. The molecule has 0 radical (unpaired) electrons. The van der Waals surface area contributed by atoms with Crippen molar-refractivity contribution in [3.05, 3.63) is 11.1 Å². The van der Waals surface area contributed by atoms with E-state index in [1.807, 2.05) is 6.92 Å². The lowest BCUT2D eigenvalue weighted by Crippen LogP contribution is -2.68. The van der Waals surface area contributed by atoms with Crippen molar-refractivity contribution in [1.82, 2.24) is 15.2 Å². The lowest BCUT2D eigenvalue weighted by molar-refractivity contribution is -0.149. The number of likely N-dealkylation sites (tertiary alicyclic amines) is 1. The molecule has 0 spiro atoms. The van der Waals surface area contributed by atoms with Crippen molar-refractivity contribution in [1.29, 1.82) is 0 Å². The fraction of sp³-hybridized carbons (Fsp3) is 0.500. The molecule has 0 aliphatic carbocycles. The number of carbonyl (C=O) groups is 3. The highest BCUT2D eigenvalue weighted by Gasteiger charge is 2.43. The number of aromatic nitrogens is 1. The predicted molar refractivity (Wildman–Crippen MR) is 92.2 cm³/mol. The summed E-state index contributed by atoms with van der Waals surface area (Å²) in [5.41, 5.74) is 5.91. The Morgan fingerprint density at radius 1 is 1.56 bits per heavy atom. The monoisotopic (exact) mass is 371 g/mol. The number of amides is 2. The van der Waals surface area contributed by atoms with Gasteiger partial charge in [0, 0.05) is 19.4 Å². The fourth-order valence-corrected chi connectivity index (χ4v) is 2.44. The predicted octanol–water partition coefficient (Wildman–Crippen LogP) is -0.0979. The van der Waals surface area contributed by atoms with E-state index < -0.39 is 17.9 Å². The van der Waals surface area contributed by atoms with Gasteiger partial charge in [-0.15, -0.1) is 11.3 Å². The number of β-lactam (4-membered cyclic amide) rings is 1. The van der Waals surface area contributed by atoms with Crippen molar-refractivity contribution >= 4 is 40.0 Å². The maximum atomic E-state index is 12.3. The summed E-state index contributed by atoms with van der Waals surface area (Å²) in [5, 5.41) is 15.8. The number of carbonyl (C=O) groups excluding carboxylic acids is 2. The number of hydrogen-bond acceptors (Lipinski definition) is 8. The van der Waals surface area contributed by atoms with E-state index in [1.165, 1.54) is 11.3 Å². The number of anilines is 1. The van der Waals surface area contributed by atoms with Gasteiger partial charge in [-0.2, -0.15) is 0 Å². The van der Waals surface area contributed by atoms with Crippen LogP contribution in [0, 0.1) is 0 Å². The van der Waals surface area contributed by atoms with E-state index in [-0.39, 0.29) is 17.7 Å². The number of oxime groups is 1. The minimum Gasteiger partial charge on any atom is -0.481 e. The van der Waals surface area contributed by atoms with Gasteiger partial charge in [-0.3, -0.25) is 14.4 Å². The molecular weight excluding hydrogens is 350 g/mol. The van der Waals surface area contributed by atoms with Gasteiger partial charge in [0.25, 0.3) is 11.9 Å². The molecule has 0 bridgehead atoms. The summed E-state index contributed by atoms with van der Waals surface area (Å²) in [5.74, 6) is -1.48. The molecule has 138 valence electrons. The SMILES string of the molecule is CC(=O)O.CCON=C(C(=O)N[C@@H]1C(=O)N(C)C1C)c1csc(N)n1. The number of thiazole rings is 1. The van der Waals surface area contributed by atoms with Crippen molar-refractivity contribution in [2.45, 2.75) is 32.9 Å². The highest BCUT2D eigenvalue weighted by Crippen LogP contribution is 2.17. The minimum absolute atomic E-state index is 0.0133. The number of nitrogens with zero attached hydrogens (tertiary/aromatic N) is 3. The molecule has 2 heterocycles. The second kappa shape index (κ2) is 8.97. The first kappa shape index (κ1) is 20.4. The Hall–Kier alpha value is -2.69. The third-order valence-electron chi connectivity index (χ3n) is 3.26. The molecule has 25 heavy (non-hydrogen) atoms. The largest absolute Gasteiger partial charge is 0.481 e. The van der Waals surface area contributed by atoms with E-state index in [0.29, 0.717) is 17.4 Å². The van der Waals surface area contributed by atoms with Gasteiger partial charge >= 0.3 is 0 Å². The smallest absolute Gasteiger partial charge is 0.300 e. The van der Waals surface area contributed by atoms with Crippen LogP contribution in [-0.4, -0.2) is 64.2 Å². The summed E-state index contributed by atoms with van der Waals surface area (Å²) in [4.78, 5) is 43.5. The number of nitrogen functional groups attached to an aromatic ring is 1. The van der Waals surface area contributed by atoms with Gasteiger partial charge in [-0.05, 0) is 13.8 Å². The maximum Gasteiger partial charge on any atom is 0.300 e. The van der Waals surface area contributed by atoms with Crippen LogP contribution in [-0.2, 0) is 19.2 Å². The molecule has 1 fully saturated rings. The summed E-state index contributed by atoms with van der Waals surface area (Å²) in [6.07, 6.45) is 0. The second-order valence-corrected chi connectivity index (χ2v) is 5.98. The van der Waals surface area contributed by atoms with E-state index in [2.05, 4.69) is 15.5 Å². The van der Waals surface area contributed by atoms with Crippen molar-refractivity contribution < 1.29 is 24.3 Å². The Kier molecular flexibility index (Phi) is 7.30. The van der Waals surface area contributed by atoms with Crippen LogP contribution in [0.4, 0.5) is 5.13 Å². The zero-order valence-corrected chi connectivity index (χ0v) is 15.2. The van der Waals surface area contributed by atoms with Crippen LogP contribution >= 0.6 is 11.3 Å². The van der Waals surface area contributed by atoms with Crippen LogP contribution in [0.25, 0.3) is 0 Å². The lowest BCUT2D eigenvalue weighted by Gasteiger charge is -2.42. The number of nitrogens with one attached hydrogen (secondary N) is 1. The van der Waals surface area contributed by atoms with Gasteiger partial charge in [0.15, 0.2) is 10.8 Å².